The van der Waals surface area contributed by atoms with Gasteiger partial charge in [-0.3, -0.25) is 4.79 Å². The second kappa shape index (κ2) is 4.93. The molecule has 0 aliphatic heterocycles. The fraction of sp³-hybridized carbons (Fsp3) is 0.0909. The molecule has 1 aromatic carbocycles. The summed E-state index contributed by atoms with van der Waals surface area (Å²) in [6, 6.07) is 2.03. The number of hydrogen-bond acceptors (Lipinski definition) is 4. The monoisotopic (exact) mass is 271 g/mol. The van der Waals surface area contributed by atoms with Crippen molar-refractivity contribution in [1.29, 1.82) is 0 Å². The van der Waals surface area contributed by atoms with Crippen molar-refractivity contribution in [3.63, 3.8) is 0 Å². The van der Waals surface area contributed by atoms with Crippen molar-refractivity contribution < 1.29 is 13.6 Å². The lowest BCUT2D eigenvalue weighted by atomic mass is 10.2. The predicted octanol–water partition coefficient (Wildman–Crippen LogP) is 3.69. The largest absolute Gasteiger partial charge is 0.298 e. The zero-order valence-electron chi connectivity index (χ0n) is 8.74. The van der Waals surface area contributed by atoms with Gasteiger partial charge in [0.1, 0.15) is 17.9 Å². The number of aromatic nitrogens is 1. The zero-order valence-corrected chi connectivity index (χ0v) is 10.4. The number of rotatable bonds is 3. The quantitative estimate of drug-likeness (QED) is 0.797. The highest BCUT2D eigenvalue weighted by molar-refractivity contribution is 8.01. The summed E-state index contributed by atoms with van der Waals surface area (Å²) in [7, 11) is 0. The molecule has 0 fully saturated rings. The van der Waals surface area contributed by atoms with Gasteiger partial charge in [-0.25, -0.2) is 13.8 Å². The van der Waals surface area contributed by atoms with Crippen LogP contribution in [-0.2, 0) is 0 Å². The summed E-state index contributed by atoms with van der Waals surface area (Å²) in [6.45, 7) is 1.81. The van der Waals surface area contributed by atoms with Crippen molar-refractivity contribution in [1.82, 2.24) is 4.98 Å². The van der Waals surface area contributed by atoms with Crippen LogP contribution in [0.1, 0.15) is 16.1 Å². The Kier molecular flexibility index (Phi) is 3.54. The summed E-state index contributed by atoms with van der Waals surface area (Å²) < 4.78 is 27.7. The Morgan fingerprint density at radius 3 is 2.47 bits per heavy atom. The number of carbonyl (C=O) groups excluding carboxylic acids is 1. The molecule has 0 unspecified atom stereocenters. The number of nitrogens with zero attached hydrogens (tertiary/aromatic N) is 1. The Hall–Kier alpha value is -1.27. The Labute approximate surface area is 105 Å². The number of aryl methyl sites for hydroxylation is 1. The second-order valence-corrected chi connectivity index (χ2v) is 5.40. The van der Waals surface area contributed by atoms with Gasteiger partial charge in [0, 0.05) is 16.6 Å². The molecular weight excluding hydrogens is 264 g/mol. The minimum atomic E-state index is -0.745. The highest BCUT2D eigenvalue weighted by Gasteiger charge is 2.14. The molecule has 2 nitrogen and oxygen atoms in total. The van der Waals surface area contributed by atoms with Crippen LogP contribution in [0.15, 0.2) is 26.7 Å². The minimum absolute atomic E-state index is 0.0142. The van der Waals surface area contributed by atoms with E-state index in [4.69, 9.17) is 0 Å². The Morgan fingerprint density at radius 1 is 1.35 bits per heavy atom. The molecule has 0 saturated heterocycles. The fourth-order valence-electron chi connectivity index (χ4n) is 1.21. The maximum atomic E-state index is 13.5. The van der Waals surface area contributed by atoms with E-state index < -0.39 is 11.6 Å². The average Bonchev–Trinajstić information content (AvgIpc) is 2.69. The molecule has 0 saturated carbocycles. The first-order valence-electron chi connectivity index (χ1n) is 4.64. The maximum absolute atomic E-state index is 13.5. The highest BCUT2D eigenvalue weighted by atomic mass is 32.2. The van der Waals surface area contributed by atoms with Gasteiger partial charge in [-0.2, -0.15) is 0 Å². The smallest absolute Gasteiger partial charge is 0.155 e. The molecule has 0 bridgehead atoms. The van der Waals surface area contributed by atoms with E-state index in [1.807, 2.05) is 6.92 Å². The lowest BCUT2D eigenvalue weighted by molar-refractivity contribution is 0.112. The summed E-state index contributed by atoms with van der Waals surface area (Å²) in [5.74, 6) is -1.49. The van der Waals surface area contributed by atoms with Gasteiger partial charge in [0.15, 0.2) is 4.34 Å². The number of thiazole rings is 1. The molecule has 0 atom stereocenters. The van der Waals surface area contributed by atoms with Crippen molar-refractivity contribution >= 4 is 29.4 Å². The van der Waals surface area contributed by atoms with E-state index >= 15 is 0 Å². The number of aldehydes is 1. The Balaban J connectivity index is 2.36. The normalized spacial score (nSPS) is 10.5. The molecule has 0 radical (unpaired) electrons. The van der Waals surface area contributed by atoms with Crippen LogP contribution in [0.3, 0.4) is 0 Å². The van der Waals surface area contributed by atoms with Gasteiger partial charge in [0.25, 0.3) is 0 Å². The molecule has 0 N–H and O–H groups in total. The standard InChI is InChI=1S/C11H7F2NOS2/c1-6-5-16-11(14-6)17-10-8(12)2-7(4-15)3-9(10)13/h2-5H,1H3. The van der Waals surface area contributed by atoms with E-state index in [1.165, 1.54) is 11.3 Å². The summed E-state index contributed by atoms with van der Waals surface area (Å²) in [5, 5.41) is 1.80. The second-order valence-electron chi connectivity index (χ2n) is 3.29. The van der Waals surface area contributed by atoms with Gasteiger partial charge in [0.05, 0.1) is 4.90 Å². The lowest BCUT2D eigenvalue weighted by Crippen LogP contribution is -1.91. The van der Waals surface area contributed by atoms with Crippen LogP contribution in [0.25, 0.3) is 0 Å². The number of carbonyl (C=O) groups is 1. The van der Waals surface area contributed by atoms with Crippen LogP contribution >= 0.6 is 23.1 Å². The minimum Gasteiger partial charge on any atom is -0.298 e. The van der Waals surface area contributed by atoms with E-state index in [2.05, 4.69) is 4.98 Å². The molecule has 6 heteroatoms. The molecule has 1 aromatic heterocycles. The zero-order chi connectivity index (χ0) is 12.4. The highest BCUT2D eigenvalue weighted by Crippen LogP contribution is 2.34. The summed E-state index contributed by atoms with van der Waals surface area (Å²) in [5.41, 5.74) is 0.794. The third-order valence-electron chi connectivity index (χ3n) is 1.94. The molecule has 2 rings (SSSR count). The van der Waals surface area contributed by atoms with E-state index in [0.717, 1.165) is 29.6 Å². The van der Waals surface area contributed by atoms with Crippen molar-refractivity contribution in [2.24, 2.45) is 0 Å². The average molecular weight is 271 g/mol. The van der Waals surface area contributed by atoms with Crippen molar-refractivity contribution in [2.75, 3.05) is 0 Å². The number of benzene rings is 1. The van der Waals surface area contributed by atoms with Crippen LogP contribution < -0.4 is 0 Å². The van der Waals surface area contributed by atoms with E-state index in [-0.39, 0.29) is 10.5 Å². The predicted molar refractivity (Wildman–Crippen MR) is 62.7 cm³/mol. The molecule has 2 aromatic rings. The third-order valence-corrected chi connectivity index (χ3v) is 4.09. The van der Waals surface area contributed by atoms with Crippen LogP contribution in [0, 0.1) is 18.6 Å². The van der Waals surface area contributed by atoms with E-state index in [9.17, 15) is 13.6 Å². The lowest BCUT2D eigenvalue weighted by Gasteiger charge is -2.02. The number of hydrogen-bond donors (Lipinski definition) is 0. The first-order valence-corrected chi connectivity index (χ1v) is 6.34. The van der Waals surface area contributed by atoms with Gasteiger partial charge in [-0.1, -0.05) is 11.8 Å². The van der Waals surface area contributed by atoms with Gasteiger partial charge in [0.2, 0.25) is 0 Å². The number of halogens is 2. The molecule has 17 heavy (non-hydrogen) atoms. The molecule has 0 spiro atoms. The van der Waals surface area contributed by atoms with Gasteiger partial charge in [-0.15, -0.1) is 11.3 Å². The molecular formula is C11H7F2NOS2. The molecule has 88 valence electrons. The summed E-state index contributed by atoms with van der Waals surface area (Å²) in [6.07, 6.45) is 0.411. The maximum Gasteiger partial charge on any atom is 0.155 e. The van der Waals surface area contributed by atoms with Crippen molar-refractivity contribution in [2.45, 2.75) is 16.2 Å². The third kappa shape index (κ3) is 2.70. The van der Waals surface area contributed by atoms with Gasteiger partial charge in [-0.05, 0) is 19.1 Å². The molecule has 0 amide bonds. The van der Waals surface area contributed by atoms with Crippen LogP contribution in [0.2, 0.25) is 0 Å². The van der Waals surface area contributed by atoms with E-state index in [1.54, 1.807) is 5.38 Å². The first kappa shape index (κ1) is 12.2. The van der Waals surface area contributed by atoms with Crippen LogP contribution in [0.4, 0.5) is 8.78 Å². The molecule has 1 heterocycles. The fourth-order valence-corrected chi connectivity index (χ4v) is 3.00. The summed E-state index contributed by atoms with van der Waals surface area (Å²) >= 11 is 2.24. The topological polar surface area (TPSA) is 30.0 Å². The van der Waals surface area contributed by atoms with Gasteiger partial charge < -0.3 is 0 Å². The molecule has 0 aliphatic carbocycles. The summed E-state index contributed by atoms with van der Waals surface area (Å²) in [4.78, 5) is 14.4. The SMILES string of the molecule is Cc1csc(Sc2c(F)cc(C=O)cc2F)n1. The van der Waals surface area contributed by atoms with Gasteiger partial charge >= 0.3 is 0 Å². The van der Waals surface area contributed by atoms with E-state index in [0.29, 0.717) is 10.6 Å². The first-order chi connectivity index (χ1) is 8.10. The Bertz CT molecular complexity index is 545. The van der Waals surface area contributed by atoms with Crippen LogP contribution in [0.5, 0.6) is 0 Å². The Morgan fingerprint density at radius 2 is 2.00 bits per heavy atom. The molecule has 0 aliphatic rings. The van der Waals surface area contributed by atoms with Crippen molar-refractivity contribution in [3.8, 4) is 0 Å². The van der Waals surface area contributed by atoms with Crippen molar-refractivity contribution in [3.05, 3.63) is 40.4 Å². The van der Waals surface area contributed by atoms with Crippen LogP contribution in [-0.4, -0.2) is 11.3 Å².